The number of nitrogens with one attached hydrogen (secondary N) is 1. The Hall–Kier alpha value is -1.10. The maximum Gasteiger partial charge on any atom is 0.0945 e. The molecule has 0 heterocycles. The van der Waals surface area contributed by atoms with Gasteiger partial charge in [-0.15, -0.1) is 0 Å². The van der Waals surface area contributed by atoms with Gasteiger partial charge in [0.25, 0.3) is 0 Å². The van der Waals surface area contributed by atoms with Crippen molar-refractivity contribution in [1.29, 1.82) is 0 Å². The zero-order chi connectivity index (χ0) is 14.4. The van der Waals surface area contributed by atoms with Gasteiger partial charge in [-0.2, -0.15) is 0 Å². The van der Waals surface area contributed by atoms with Gasteiger partial charge in [0.15, 0.2) is 0 Å². The first-order valence-electron chi connectivity index (χ1n) is 7.33. The van der Waals surface area contributed by atoms with Crippen molar-refractivity contribution in [1.82, 2.24) is 0 Å². The van der Waals surface area contributed by atoms with Gasteiger partial charge in [0.1, 0.15) is 0 Å². The van der Waals surface area contributed by atoms with Gasteiger partial charge in [-0.05, 0) is 49.4 Å². The number of fused-ring (bicyclic) bond motifs is 1. The van der Waals surface area contributed by atoms with Gasteiger partial charge in [-0.1, -0.05) is 6.07 Å². The van der Waals surface area contributed by atoms with Crippen LogP contribution in [-0.2, 0) is 22.3 Å². The molecule has 20 heavy (non-hydrogen) atoms. The van der Waals surface area contributed by atoms with Crippen molar-refractivity contribution in [3.05, 3.63) is 29.3 Å². The predicted molar refractivity (Wildman–Crippen MR) is 80.3 cm³/mol. The zero-order valence-electron chi connectivity index (χ0n) is 12.4. The van der Waals surface area contributed by atoms with Crippen LogP contribution in [0.5, 0.6) is 0 Å². The molecule has 0 aliphatic heterocycles. The molecule has 0 amide bonds. The van der Waals surface area contributed by atoms with E-state index in [9.17, 15) is 5.11 Å². The summed E-state index contributed by atoms with van der Waals surface area (Å²) in [5, 5.41) is 13.2. The average Bonchev–Trinajstić information content (AvgIpc) is 2.90. The first kappa shape index (κ1) is 15.3. The van der Waals surface area contributed by atoms with E-state index in [1.54, 1.807) is 7.11 Å². The van der Waals surface area contributed by atoms with Gasteiger partial charge in [0, 0.05) is 19.3 Å². The molecule has 1 aliphatic rings. The second-order valence-corrected chi connectivity index (χ2v) is 5.47. The van der Waals surface area contributed by atoms with Crippen LogP contribution in [-0.4, -0.2) is 44.2 Å². The molecule has 2 rings (SSSR count). The number of aliphatic hydroxyl groups excluding tert-OH is 1. The number of ether oxygens (including phenoxy) is 2. The minimum absolute atomic E-state index is 0.00893. The SMILES string of the molecule is COCC(C)OCC(O)CNc1ccc2c(c1)CCC2. The molecule has 0 saturated carbocycles. The zero-order valence-corrected chi connectivity index (χ0v) is 12.4. The lowest BCUT2D eigenvalue weighted by atomic mass is 10.1. The van der Waals surface area contributed by atoms with Crippen LogP contribution >= 0.6 is 0 Å². The summed E-state index contributed by atoms with van der Waals surface area (Å²) >= 11 is 0. The highest BCUT2D eigenvalue weighted by atomic mass is 16.5. The first-order chi connectivity index (χ1) is 9.69. The van der Waals surface area contributed by atoms with Crippen LogP contribution in [0.2, 0.25) is 0 Å². The smallest absolute Gasteiger partial charge is 0.0945 e. The van der Waals surface area contributed by atoms with Crippen LogP contribution in [0.3, 0.4) is 0 Å². The molecule has 1 aromatic rings. The molecule has 112 valence electrons. The summed E-state index contributed by atoms with van der Waals surface area (Å²) in [5.41, 5.74) is 3.98. The number of anilines is 1. The standard InChI is InChI=1S/C16H25NO3/c1-12(10-19-2)20-11-16(18)9-17-15-7-6-13-4-3-5-14(13)8-15/h6-8,12,16-18H,3-5,9-11H2,1-2H3. The molecule has 2 N–H and O–H groups in total. The van der Waals surface area contributed by atoms with Crippen LogP contribution < -0.4 is 5.32 Å². The summed E-state index contributed by atoms with van der Waals surface area (Å²) < 4.78 is 10.5. The summed E-state index contributed by atoms with van der Waals surface area (Å²) in [6, 6.07) is 6.48. The lowest BCUT2D eigenvalue weighted by molar-refractivity contribution is -0.0282. The molecular formula is C16H25NO3. The Morgan fingerprint density at radius 2 is 2.05 bits per heavy atom. The molecule has 0 radical (unpaired) electrons. The van der Waals surface area contributed by atoms with Gasteiger partial charge in [0.05, 0.1) is 25.4 Å². The van der Waals surface area contributed by atoms with E-state index in [0.717, 1.165) is 5.69 Å². The number of aryl methyl sites for hydroxylation is 2. The van der Waals surface area contributed by atoms with Crippen molar-refractivity contribution in [3.63, 3.8) is 0 Å². The fourth-order valence-corrected chi connectivity index (χ4v) is 2.53. The van der Waals surface area contributed by atoms with E-state index in [1.807, 2.05) is 6.92 Å². The van der Waals surface area contributed by atoms with E-state index in [1.165, 1.54) is 30.4 Å². The maximum absolute atomic E-state index is 9.89. The summed E-state index contributed by atoms with van der Waals surface area (Å²) in [6.45, 7) is 3.30. The molecule has 2 atom stereocenters. The van der Waals surface area contributed by atoms with Crippen LogP contribution in [0.1, 0.15) is 24.5 Å². The van der Waals surface area contributed by atoms with Gasteiger partial charge in [-0.3, -0.25) is 0 Å². The van der Waals surface area contributed by atoms with Crippen LogP contribution in [0.4, 0.5) is 5.69 Å². The highest BCUT2D eigenvalue weighted by Crippen LogP contribution is 2.24. The highest BCUT2D eigenvalue weighted by Gasteiger charge is 2.12. The minimum atomic E-state index is -0.512. The van der Waals surface area contributed by atoms with Crippen LogP contribution in [0.15, 0.2) is 18.2 Å². The molecule has 0 fully saturated rings. The number of rotatable bonds is 8. The summed E-state index contributed by atoms with van der Waals surface area (Å²) in [4.78, 5) is 0. The van der Waals surface area contributed by atoms with Crippen molar-refractivity contribution in [2.24, 2.45) is 0 Å². The van der Waals surface area contributed by atoms with Crippen molar-refractivity contribution in [2.75, 3.05) is 32.2 Å². The van der Waals surface area contributed by atoms with Crippen molar-refractivity contribution in [2.45, 2.75) is 38.4 Å². The average molecular weight is 279 g/mol. The molecule has 2 unspecified atom stereocenters. The molecular weight excluding hydrogens is 254 g/mol. The van der Waals surface area contributed by atoms with E-state index in [4.69, 9.17) is 9.47 Å². The van der Waals surface area contributed by atoms with Crippen molar-refractivity contribution >= 4 is 5.69 Å². The monoisotopic (exact) mass is 279 g/mol. The second kappa shape index (κ2) is 7.62. The third-order valence-electron chi connectivity index (χ3n) is 3.61. The largest absolute Gasteiger partial charge is 0.389 e. The third-order valence-corrected chi connectivity index (χ3v) is 3.61. The van der Waals surface area contributed by atoms with E-state index in [-0.39, 0.29) is 6.10 Å². The lowest BCUT2D eigenvalue weighted by Crippen LogP contribution is -2.28. The van der Waals surface area contributed by atoms with Gasteiger partial charge >= 0.3 is 0 Å². The molecule has 0 aromatic heterocycles. The molecule has 4 heteroatoms. The topological polar surface area (TPSA) is 50.7 Å². The Kier molecular flexibility index (Phi) is 5.83. The highest BCUT2D eigenvalue weighted by molar-refractivity contribution is 5.50. The Morgan fingerprint density at radius 1 is 1.25 bits per heavy atom. The summed E-state index contributed by atoms with van der Waals surface area (Å²) in [5.74, 6) is 0. The van der Waals surface area contributed by atoms with Crippen molar-refractivity contribution < 1.29 is 14.6 Å². The number of benzene rings is 1. The molecule has 0 saturated heterocycles. The van der Waals surface area contributed by atoms with E-state index >= 15 is 0 Å². The number of hydrogen-bond donors (Lipinski definition) is 2. The Bertz CT molecular complexity index is 422. The maximum atomic E-state index is 9.89. The van der Waals surface area contributed by atoms with Gasteiger partial charge in [-0.25, -0.2) is 0 Å². The van der Waals surface area contributed by atoms with Gasteiger partial charge < -0.3 is 19.9 Å². The number of aliphatic hydroxyl groups is 1. The summed E-state index contributed by atoms with van der Waals surface area (Å²) in [7, 11) is 1.64. The van der Waals surface area contributed by atoms with E-state index in [0.29, 0.717) is 19.8 Å². The van der Waals surface area contributed by atoms with Gasteiger partial charge in [0.2, 0.25) is 0 Å². The number of methoxy groups -OCH3 is 1. The minimum Gasteiger partial charge on any atom is -0.389 e. The van der Waals surface area contributed by atoms with E-state index in [2.05, 4.69) is 23.5 Å². The van der Waals surface area contributed by atoms with E-state index < -0.39 is 6.10 Å². The Morgan fingerprint density at radius 3 is 2.85 bits per heavy atom. The second-order valence-electron chi connectivity index (χ2n) is 5.47. The Balaban J connectivity index is 1.72. The quantitative estimate of drug-likeness (QED) is 0.764. The molecule has 0 spiro atoms. The fourth-order valence-electron chi connectivity index (χ4n) is 2.53. The molecule has 4 nitrogen and oxygen atoms in total. The predicted octanol–water partition coefficient (Wildman–Crippen LogP) is 2.00. The lowest BCUT2D eigenvalue weighted by Gasteiger charge is -2.17. The Labute approximate surface area is 121 Å². The third kappa shape index (κ3) is 4.47. The van der Waals surface area contributed by atoms with Crippen LogP contribution in [0, 0.1) is 0 Å². The van der Waals surface area contributed by atoms with Crippen molar-refractivity contribution in [3.8, 4) is 0 Å². The summed E-state index contributed by atoms with van der Waals surface area (Å²) in [6.07, 6.45) is 3.12. The number of hydrogen-bond acceptors (Lipinski definition) is 4. The fraction of sp³-hybridized carbons (Fsp3) is 0.625. The molecule has 1 aliphatic carbocycles. The molecule has 1 aromatic carbocycles. The first-order valence-corrected chi connectivity index (χ1v) is 7.33. The molecule has 0 bridgehead atoms. The normalized spacial score (nSPS) is 16.8. The van der Waals surface area contributed by atoms with Crippen LogP contribution in [0.25, 0.3) is 0 Å².